The number of hydrogen-bond acceptors (Lipinski definition) is 2. The van der Waals surface area contributed by atoms with E-state index >= 15 is 0 Å². The van der Waals surface area contributed by atoms with E-state index in [0.29, 0.717) is 6.42 Å². The molecule has 2 atom stereocenters. The van der Waals surface area contributed by atoms with Crippen LogP contribution < -0.4 is 0 Å². The monoisotopic (exact) mass is 283 g/mol. The Morgan fingerprint density at radius 2 is 2.05 bits per heavy atom. The quantitative estimate of drug-likeness (QED) is 0.846. The van der Waals surface area contributed by atoms with Gasteiger partial charge in [-0.25, -0.2) is 0 Å². The van der Waals surface area contributed by atoms with Crippen molar-refractivity contribution < 1.29 is 9.90 Å². The number of hydrogen-bond donors (Lipinski definition) is 1. The van der Waals surface area contributed by atoms with Crippen molar-refractivity contribution in [2.45, 2.75) is 25.7 Å². The molecule has 1 aromatic carbocycles. The number of fused-ring (bicyclic) bond motifs is 1. The van der Waals surface area contributed by atoms with Gasteiger partial charge in [-0.15, -0.1) is 0 Å². The topological polar surface area (TPSA) is 40.5 Å². The SMILES string of the molecule is O=C(c1cccc(C#CCCO)c1)N1CC2CCCC2C1. The molecule has 0 radical (unpaired) electrons. The Morgan fingerprint density at radius 3 is 2.76 bits per heavy atom. The molecule has 1 saturated heterocycles. The Bertz CT molecular complexity index is 572. The smallest absolute Gasteiger partial charge is 0.253 e. The Hall–Kier alpha value is -1.79. The number of carbonyl (C=O) groups excluding carboxylic acids is 1. The van der Waals surface area contributed by atoms with Gasteiger partial charge in [0.1, 0.15) is 0 Å². The van der Waals surface area contributed by atoms with E-state index in [1.165, 1.54) is 19.3 Å². The molecule has 1 aromatic rings. The Labute approximate surface area is 126 Å². The maximum atomic E-state index is 12.6. The minimum absolute atomic E-state index is 0.0716. The fraction of sp³-hybridized carbons (Fsp3) is 0.500. The van der Waals surface area contributed by atoms with Crippen molar-refractivity contribution in [2.75, 3.05) is 19.7 Å². The molecule has 0 bridgehead atoms. The summed E-state index contributed by atoms with van der Waals surface area (Å²) in [5.74, 6) is 7.47. The van der Waals surface area contributed by atoms with Crippen molar-refractivity contribution in [2.24, 2.45) is 11.8 Å². The third-order valence-electron chi connectivity index (χ3n) is 4.59. The van der Waals surface area contributed by atoms with Gasteiger partial charge in [0.05, 0.1) is 6.61 Å². The van der Waals surface area contributed by atoms with Crippen molar-refractivity contribution in [3.63, 3.8) is 0 Å². The fourth-order valence-corrected chi connectivity index (χ4v) is 3.53. The summed E-state index contributed by atoms with van der Waals surface area (Å²) in [5.41, 5.74) is 1.57. The van der Waals surface area contributed by atoms with E-state index in [9.17, 15) is 4.79 Å². The first-order valence-electron chi connectivity index (χ1n) is 7.77. The van der Waals surface area contributed by atoms with Gasteiger partial charge in [-0.1, -0.05) is 24.3 Å². The molecule has 3 nitrogen and oxygen atoms in total. The van der Waals surface area contributed by atoms with Gasteiger partial charge in [0.25, 0.3) is 5.91 Å². The number of amides is 1. The molecule has 3 heteroatoms. The molecule has 2 fully saturated rings. The zero-order chi connectivity index (χ0) is 14.7. The molecule has 1 aliphatic heterocycles. The summed E-state index contributed by atoms with van der Waals surface area (Å²) in [7, 11) is 0. The standard InChI is InChI=1S/C18H21NO2/c20-10-2-1-5-14-6-3-7-15(11-14)18(21)19-12-16-8-4-9-17(16)13-19/h3,6-7,11,16-17,20H,2,4,8-10,12-13H2. The minimum atomic E-state index is 0.0716. The summed E-state index contributed by atoms with van der Waals surface area (Å²) in [5, 5.41) is 8.75. The van der Waals surface area contributed by atoms with Gasteiger partial charge < -0.3 is 10.0 Å². The van der Waals surface area contributed by atoms with E-state index in [0.717, 1.165) is 36.1 Å². The summed E-state index contributed by atoms with van der Waals surface area (Å²) < 4.78 is 0. The number of benzene rings is 1. The highest BCUT2D eigenvalue weighted by Crippen LogP contribution is 2.38. The van der Waals surface area contributed by atoms with Crippen LogP contribution in [0.25, 0.3) is 0 Å². The predicted octanol–water partition coefficient (Wildman–Crippen LogP) is 2.29. The van der Waals surface area contributed by atoms with Gasteiger partial charge in [-0.05, 0) is 42.9 Å². The average Bonchev–Trinajstić information content (AvgIpc) is 3.08. The number of aliphatic hydroxyl groups is 1. The molecule has 21 heavy (non-hydrogen) atoms. The molecule has 3 rings (SSSR count). The molecule has 2 aliphatic rings. The van der Waals surface area contributed by atoms with Crippen LogP contribution >= 0.6 is 0 Å². The summed E-state index contributed by atoms with van der Waals surface area (Å²) in [6.07, 6.45) is 4.35. The average molecular weight is 283 g/mol. The van der Waals surface area contributed by atoms with E-state index in [-0.39, 0.29) is 12.5 Å². The first-order chi connectivity index (χ1) is 10.3. The fourth-order valence-electron chi connectivity index (χ4n) is 3.53. The first-order valence-corrected chi connectivity index (χ1v) is 7.77. The second kappa shape index (κ2) is 6.32. The van der Waals surface area contributed by atoms with Gasteiger partial charge in [0.2, 0.25) is 0 Å². The molecule has 1 aliphatic carbocycles. The maximum Gasteiger partial charge on any atom is 0.253 e. The van der Waals surface area contributed by atoms with Crippen molar-refractivity contribution in [3.05, 3.63) is 35.4 Å². The van der Waals surface area contributed by atoms with Crippen molar-refractivity contribution >= 4 is 5.91 Å². The number of aliphatic hydroxyl groups excluding tert-OH is 1. The highest BCUT2D eigenvalue weighted by molar-refractivity contribution is 5.94. The normalized spacial score (nSPS) is 23.6. The van der Waals surface area contributed by atoms with Crippen LogP contribution in [0.1, 0.15) is 41.6 Å². The van der Waals surface area contributed by atoms with E-state index in [1.807, 2.05) is 29.2 Å². The molecule has 1 N–H and O–H groups in total. The van der Waals surface area contributed by atoms with Crippen molar-refractivity contribution in [3.8, 4) is 11.8 Å². The lowest BCUT2D eigenvalue weighted by Gasteiger charge is -2.17. The largest absolute Gasteiger partial charge is 0.395 e. The lowest BCUT2D eigenvalue weighted by molar-refractivity contribution is 0.0780. The number of nitrogens with zero attached hydrogens (tertiary/aromatic N) is 1. The Morgan fingerprint density at radius 1 is 1.29 bits per heavy atom. The molecule has 110 valence electrons. The van der Waals surface area contributed by atoms with E-state index in [4.69, 9.17) is 5.11 Å². The highest BCUT2D eigenvalue weighted by Gasteiger charge is 2.38. The summed E-state index contributed by atoms with van der Waals surface area (Å²) in [4.78, 5) is 14.6. The van der Waals surface area contributed by atoms with Gasteiger partial charge in [0, 0.05) is 30.6 Å². The summed E-state index contributed by atoms with van der Waals surface area (Å²) in [6.45, 7) is 1.91. The van der Waals surface area contributed by atoms with Crippen LogP contribution in [-0.4, -0.2) is 35.6 Å². The van der Waals surface area contributed by atoms with Gasteiger partial charge >= 0.3 is 0 Å². The second-order valence-corrected chi connectivity index (χ2v) is 6.02. The summed E-state index contributed by atoms with van der Waals surface area (Å²) >= 11 is 0. The van der Waals surface area contributed by atoms with E-state index < -0.39 is 0 Å². The van der Waals surface area contributed by atoms with Crippen LogP contribution in [0.15, 0.2) is 24.3 Å². The third kappa shape index (κ3) is 3.11. The zero-order valence-corrected chi connectivity index (χ0v) is 12.2. The number of carbonyl (C=O) groups is 1. The summed E-state index contributed by atoms with van der Waals surface area (Å²) in [6, 6.07) is 7.52. The lowest BCUT2D eigenvalue weighted by Crippen LogP contribution is -2.29. The molecular formula is C18H21NO2. The van der Waals surface area contributed by atoms with Crippen LogP contribution in [0.5, 0.6) is 0 Å². The molecule has 1 heterocycles. The lowest BCUT2D eigenvalue weighted by atomic mass is 10.0. The Balaban J connectivity index is 1.70. The van der Waals surface area contributed by atoms with Crippen LogP contribution in [0.4, 0.5) is 0 Å². The molecule has 0 aromatic heterocycles. The third-order valence-corrected chi connectivity index (χ3v) is 4.59. The number of likely N-dealkylation sites (tertiary alicyclic amines) is 1. The minimum Gasteiger partial charge on any atom is -0.395 e. The van der Waals surface area contributed by atoms with Gasteiger partial charge in [-0.2, -0.15) is 0 Å². The van der Waals surface area contributed by atoms with Gasteiger partial charge in [0.15, 0.2) is 0 Å². The van der Waals surface area contributed by atoms with E-state index in [2.05, 4.69) is 11.8 Å². The van der Waals surface area contributed by atoms with Gasteiger partial charge in [-0.3, -0.25) is 4.79 Å². The van der Waals surface area contributed by atoms with Crippen LogP contribution in [-0.2, 0) is 0 Å². The second-order valence-electron chi connectivity index (χ2n) is 6.02. The first kappa shape index (κ1) is 14.2. The Kier molecular flexibility index (Phi) is 4.26. The molecule has 2 unspecified atom stereocenters. The molecule has 0 spiro atoms. The highest BCUT2D eigenvalue weighted by atomic mass is 16.2. The number of rotatable bonds is 2. The van der Waals surface area contributed by atoms with E-state index in [1.54, 1.807) is 0 Å². The van der Waals surface area contributed by atoms with Crippen LogP contribution in [0.3, 0.4) is 0 Å². The predicted molar refractivity (Wildman–Crippen MR) is 81.8 cm³/mol. The van der Waals surface area contributed by atoms with Crippen molar-refractivity contribution in [1.82, 2.24) is 4.90 Å². The molecule has 1 saturated carbocycles. The van der Waals surface area contributed by atoms with Crippen LogP contribution in [0, 0.1) is 23.7 Å². The maximum absolute atomic E-state index is 12.6. The zero-order valence-electron chi connectivity index (χ0n) is 12.2. The molecular weight excluding hydrogens is 262 g/mol. The molecule has 1 amide bonds. The van der Waals surface area contributed by atoms with Crippen LogP contribution in [0.2, 0.25) is 0 Å². The van der Waals surface area contributed by atoms with Crippen molar-refractivity contribution in [1.29, 1.82) is 0 Å².